The van der Waals surface area contributed by atoms with Crippen LogP contribution in [-0.2, 0) is 10.0 Å². The van der Waals surface area contributed by atoms with Gasteiger partial charge in [-0.2, -0.15) is 14.6 Å². The maximum Gasteiger partial charge on any atom is 0.254 e. The van der Waals surface area contributed by atoms with E-state index < -0.39 is 10.0 Å². The molecule has 0 aliphatic carbocycles. The van der Waals surface area contributed by atoms with Gasteiger partial charge in [0.05, 0.1) is 5.75 Å². The average Bonchev–Trinajstić information content (AvgIpc) is 3.03. The molecule has 0 bridgehead atoms. The second-order valence-corrected chi connectivity index (χ2v) is 7.57. The molecular formula is C16H20N6O2S. The first-order valence-electron chi connectivity index (χ1n) is 8.02. The molecule has 0 atom stereocenters. The van der Waals surface area contributed by atoms with Gasteiger partial charge in [-0.25, -0.2) is 13.4 Å². The number of unbranched alkanes of at least 4 members (excludes halogenated alkanes) is 1. The van der Waals surface area contributed by atoms with Gasteiger partial charge < -0.3 is 5.32 Å². The fourth-order valence-corrected chi connectivity index (χ4v) is 3.62. The van der Waals surface area contributed by atoms with Gasteiger partial charge in [0.2, 0.25) is 10.0 Å². The van der Waals surface area contributed by atoms with Crippen molar-refractivity contribution < 1.29 is 8.42 Å². The van der Waals surface area contributed by atoms with Crippen molar-refractivity contribution >= 4 is 33.0 Å². The highest BCUT2D eigenvalue weighted by atomic mass is 32.2. The first kappa shape index (κ1) is 17.2. The molecule has 3 aromatic rings. The molecule has 0 unspecified atom stereocenters. The first-order valence-corrected chi connectivity index (χ1v) is 9.67. The van der Waals surface area contributed by atoms with E-state index in [-0.39, 0.29) is 5.75 Å². The van der Waals surface area contributed by atoms with Crippen molar-refractivity contribution in [1.82, 2.24) is 19.6 Å². The molecule has 0 amide bonds. The largest absolute Gasteiger partial charge is 0.340 e. The van der Waals surface area contributed by atoms with Gasteiger partial charge in [0, 0.05) is 23.1 Å². The molecule has 25 heavy (non-hydrogen) atoms. The summed E-state index contributed by atoms with van der Waals surface area (Å²) in [7, 11) is -3.30. The number of aryl methyl sites for hydroxylation is 1. The molecule has 2 heterocycles. The SMILES string of the molecule is CCCCS(=O)(=O)Nc1ccc(Nc2cc(C)nc3ncnn23)cc1. The summed E-state index contributed by atoms with van der Waals surface area (Å²) in [4.78, 5) is 8.37. The standard InChI is InChI=1S/C16H20N6O2S/c1-3-4-9-25(23,24)21-14-7-5-13(6-8-14)20-15-10-12(2)19-16-17-11-18-22(15)16/h5-8,10-11,20-21H,3-4,9H2,1-2H3. The van der Waals surface area contributed by atoms with Crippen LogP contribution in [-0.4, -0.2) is 33.8 Å². The Bertz CT molecular complexity index is 966. The Balaban J connectivity index is 1.75. The number of aromatic nitrogens is 4. The molecule has 2 N–H and O–H groups in total. The quantitative estimate of drug-likeness (QED) is 0.672. The van der Waals surface area contributed by atoms with Crippen LogP contribution in [0.2, 0.25) is 0 Å². The van der Waals surface area contributed by atoms with Crippen LogP contribution in [0.25, 0.3) is 5.78 Å². The Kier molecular flexibility index (Phi) is 4.84. The smallest absolute Gasteiger partial charge is 0.254 e. The molecule has 3 rings (SSSR count). The Morgan fingerprint density at radius 2 is 1.88 bits per heavy atom. The lowest BCUT2D eigenvalue weighted by Gasteiger charge is -2.11. The van der Waals surface area contributed by atoms with E-state index in [1.807, 2.05) is 19.9 Å². The molecule has 9 heteroatoms. The summed E-state index contributed by atoms with van der Waals surface area (Å²) in [5, 5.41) is 7.38. The third-order valence-electron chi connectivity index (χ3n) is 3.58. The molecule has 0 spiro atoms. The highest BCUT2D eigenvalue weighted by Gasteiger charge is 2.10. The number of anilines is 3. The summed E-state index contributed by atoms with van der Waals surface area (Å²) in [6.07, 6.45) is 2.93. The van der Waals surface area contributed by atoms with E-state index in [9.17, 15) is 8.42 Å². The summed E-state index contributed by atoms with van der Waals surface area (Å²) in [6.45, 7) is 3.84. The molecule has 0 saturated heterocycles. The molecule has 0 aliphatic heterocycles. The van der Waals surface area contributed by atoms with Crippen LogP contribution in [0.5, 0.6) is 0 Å². The van der Waals surface area contributed by atoms with E-state index in [1.54, 1.807) is 28.8 Å². The predicted octanol–water partition coefficient (Wildman–Crippen LogP) is 2.72. The Morgan fingerprint density at radius 1 is 1.16 bits per heavy atom. The van der Waals surface area contributed by atoms with Crippen LogP contribution >= 0.6 is 0 Å². The number of hydrogen-bond donors (Lipinski definition) is 2. The number of nitrogens with zero attached hydrogens (tertiary/aromatic N) is 4. The van der Waals surface area contributed by atoms with Gasteiger partial charge in [0.15, 0.2) is 0 Å². The van der Waals surface area contributed by atoms with Crippen LogP contribution in [0.3, 0.4) is 0 Å². The molecule has 0 radical (unpaired) electrons. The minimum atomic E-state index is -3.30. The number of sulfonamides is 1. The molecule has 8 nitrogen and oxygen atoms in total. The third-order valence-corrected chi connectivity index (χ3v) is 4.95. The summed E-state index contributed by atoms with van der Waals surface area (Å²) < 4.78 is 28.1. The van der Waals surface area contributed by atoms with E-state index in [4.69, 9.17) is 0 Å². The van der Waals surface area contributed by atoms with Gasteiger partial charge in [-0.1, -0.05) is 13.3 Å². The van der Waals surface area contributed by atoms with E-state index >= 15 is 0 Å². The Labute approximate surface area is 146 Å². The fourth-order valence-electron chi connectivity index (χ4n) is 2.35. The van der Waals surface area contributed by atoms with Crippen molar-refractivity contribution in [2.24, 2.45) is 0 Å². The lowest BCUT2D eigenvalue weighted by molar-refractivity contribution is 0.598. The molecule has 0 aliphatic rings. The van der Waals surface area contributed by atoms with Crippen LogP contribution in [0.15, 0.2) is 36.7 Å². The number of nitrogens with one attached hydrogen (secondary N) is 2. The number of hydrogen-bond acceptors (Lipinski definition) is 6. The monoisotopic (exact) mass is 360 g/mol. The lowest BCUT2D eigenvalue weighted by atomic mass is 10.3. The molecule has 0 saturated carbocycles. The first-order chi connectivity index (χ1) is 12.0. The number of rotatable bonds is 7. The summed E-state index contributed by atoms with van der Waals surface area (Å²) in [5.41, 5.74) is 2.17. The zero-order valence-electron chi connectivity index (χ0n) is 14.1. The van der Waals surface area contributed by atoms with Crippen molar-refractivity contribution in [1.29, 1.82) is 0 Å². The minimum absolute atomic E-state index is 0.129. The number of benzene rings is 1. The molecular weight excluding hydrogens is 340 g/mol. The van der Waals surface area contributed by atoms with Gasteiger partial charge in [-0.05, 0) is 37.6 Å². The van der Waals surface area contributed by atoms with E-state index in [0.717, 1.165) is 23.6 Å². The second kappa shape index (κ2) is 7.06. The highest BCUT2D eigenvalue weighted by molar-refractivity contribution is 7.92. The maximum absolute atomic E-state index is 11.9. The van der Waals surface area contributed by atoms with Crippen molar-refractivity contribution in [3.05, 3.63) is 42.4 Å². The van der Waals surface area contributed by atoms with Gasteiger partial charge in [0.25, 0.3) is 5.78 Å². The second-order valence-electron chi connectivity index (χ2n) is 5.73. The van der Waals surface area contributed by atoms with Crippen LogP contribution in [0.4, 0.5) is 17.2 Å². The van der Waals surface area contributed by atoms with Crippen LogP contribution in [0.1, 0.15) is 25.5 Å². The van der Waals surface area contributed by atoms with Crippen LogP contribution in [0, 0.1) is 6.92 Å². The molecule has 0 fully saturated rings. The van der Waals surface area contributed by atoms with Crippen molar-refractivity contribution in [3.63, 3.8) is 0 Å². The topological polar surface area (TPSA) is 101 Å². The zero-order valence-corrected chi connectivity index (χ0v) is 14.9. The van der Waals surface area contributed by atoms with Gasteiger partial charge in [-0.3, -0.25) is 4.72 Å². The fraction of sp³-hybridized carbons (Fsp3) is 0.312. The minimum Gasteiger partial charge on any atom is -0.340 e. The summed E-state index contributed by atoms with van der Waals surface area (Å²) in [5.74, 6) is 1.38. The van der Waals surface area contributed by atoms with Crippen molar-refractivity contribution in [3.8, 4) is 0 Å². The van der Waals surface area contributed by atoms with Gasteiger partial charge in [0.1, 0.15) is 12.1 Å². The molecule has 2 aromatic heterocycles. The van der Waals surface area contributed by atoms with E-state index in [1.165, 1.54) is 6.33 Å². The van der Waals surface area contributed by atoms with Crippen molar-refractivity contribution in [2.75, 3.05) is 15.8 Å². The molecule has 1 aromatic carbocycles. The normalized spacial score (nSPS) is 11.6. The average molecular weight is 360 g/mol. The van der Waals surface area contributed by atoms with Gasteiger partial charge >= 0.3 is 0 Å². The predicted molar refractivity (Wildman–Crippen MR) is 97.6 cm³/mol. The zero-order chi connectivity index (χ0) is 17.9. The van der Waals surface area contributed by atoms with E-state index in [0.29, 0.717) is 17.9 Å². The molecule has 132 valence electrons. The highest BCUT2D eigenvalue weighted by Crippen LogP contribution is 2.20. The Hall–Kier alpha value is -2.68. The van der Waals surface area contributed by atoms with Gasteiger partial charge in [-0.15, -0.1) is 0 Å². The van der Waals surface area contributed by atoms with Crippen LogP contribution < -0.4 is 10.0 Å². The maximum atomic E-state index is 11.9. The summed E-state index contributed by atoms with van der Waals surface area (Å²) >= 11 is 0. The summed E-state index contributed by atoms with van der Waals surface area (Å²) in [6, 6.07) is 8.91. The third kappa shape index (κ3) is 4.24. The van der Waals surface area contributed by atoms with Crippen molar-refractivity contribution in [2.45, 2.75) is 26.7 Å². The van der Waals surface area contributed by atoms with E-state index in [2.05, 4.69) is 25.1 Å². The lowest BCUT2D eigenvalue weighted by Crippen LogP contribution is -2.16. The Morgan fingerprint density at radius 3 is 2.60 bits per heavy atom. The number of fused-ring (bicyclic) bond motifs is 1.